The van der Waals surface area contributed by atoms with E-state index in [0.29, 0.717) is 6.42 Å². The predicted octanol–water partition coefficient (Wildman–Crippen LogP) is 3.58. The molecule has 1 atom stereocenters. The minimum Gasteiger partial charge on any atom is -0.356 e. The van der Waals surface area contributed by atoms with E-state index in [1.165, 1.54) is 31.3 Å². The Labute approximate surface area is 121 Å². The lowest BCUT2D eigenvalue weighted by Crippen LogP contribution is -2.26. The van der Waals surface area contributed by atoms with Crippen molar-refractivity contribution < 1.29 is 4.79 Å². The van der Waals surface area contributed by atoms with E-state index >= 15 is 0 Å². The molecular weight excluding hydrogens is 248 g/mol. The molecule has 20 heavy (non-hydrogen) atoms. The molecule has 1 N–H and O–H groups in total. The summed E-state index contributed by atoms with van der Waals surface area (Å²) in [5.41, 5.74) is 2.63. The molecule has 1 aromatic rings. The fourth-order valence-electron chi connectivity index (χ4n) is 2.63. The SMILES string of the molecule is CC(CC(=O)NCCC1=CCCCC1)c1cccnc1. The summed E-state index contributed by atoms with van der Waals surface area (Å²) in [6.45, 7) is 2.84. The van der Waals surface area contributed by atoms with Gasteiger partial charge in [0.1, 0.15) is 0 Å². The lowest BCUT2D eigenvalue weighted by Gasteiger charge is -2.14. The van der Waals surface area contributed by atoms with Gasteiger partial charge in [0.05, 0.1) is 0 Å². The summed E-state index contributed by atoms with van der Waals surface area (Å²) in [5.74, 6) is 0.357. The summed E-state index contributed by atoms with van der Waals surface area (Å²) in [4.78, 5) is 16.0. The topological polar surface area (TPSA) is 42.0 Å². The van der Waals surface area contributed by atoms with E-state index < -0.39 is 0 Å². The Kier molecular flexibility index (Phi) is 5.78. The average Bonchev–Trinajstić information content (AvgIpc) is 2.49. The van der Waals surface area contributed by atoms with Gasteiger partial charge in [-0.2, -0.15) is 0 Å². The smallest absolute Gasteiger partial charge is 0.220 e. The first-order valence-electron chi connectivity index (χ1n) is 7.60. The maximum Gasteiger partial charge on any atom is 0.220 e. The molecule has 0 aliphatic heterocycles. The Hall–Kier alpha value is -1.64. The van der Waals surface area contributed by atoms with E-state index in [0.717, 1.165) is 18.5 Å². The van der Waals surface area contributed by atoms with E-state index in [1.54, 1.807) is 6.20 Å². The summed E-state index contributed by atoms with van der Waals surface area (Å²) < 4.78 is 0. The monoisotopic (exact) mass is 272 g/mol. The van der Waals surface area contributed by atoms with E-state index in [2.05, 4.69) is 23.3 Å². The van der Waals surface area contributed by atoms with Gasteiger partial charge < -0.3 is 5.32 Å². The Morgan fingerprint density at radius 1 is 1.45 bits per heavy atom. The summed E-state index contributed by atoms with van der Waals surface area (Å²) in [7, 11) is 0. The van der Waals surface area contributed by atoms with Gasteiger partial charge in [-0.15, -0.1) is 0 Å². The molecule has 1 unspecified atom stereocenters. The third-order valence-corrected chi connectivity index (χ3v) is 3.90. The number of carbonyl (C=O) groups is 1. The van der Waals surface area contributed by atoms with Crippen molar-refractivity contribution in [2.45, 2.75) is 51.4 Å². The molecule has 108 valence electrons. The summed E-state index contributed by atoms with van der Waals surface area (Å²) in [6, 6.07) is 3.94. The van der Waals surface area contributed by atoms with Gasteiger partial charge in [0.2, 0.25) is 5.91 Å². The molecule has 0 radical (unpaired) electrons. The highest BCUT2D eigenvalue weighted by atomic mass is 16.1. The molecule has 1 aliphatic carbocycles. The van der Waals surface area contributed by atoms with Gasteiger partial charge in [0.15, 0.2) is 0 Å². The van der Waals surface area contributed by atoms with Gasteiger partial charge in [-0.1, -0.05) is 24.6 Å². The van der Waals surface area contributed by atoms with Crippen LogP contribution in [0.1, 0.15) is 56.9 Å². The van der Waals surface area contributed by atoms with E-state index in [1.807, 2.05) is 18.3 Å². The highest BCUT2D eigenvalue weighted by Crippen LogP contribution is 2.20. The van der Waals surface area contributed by atoms with Crippen molar-refractivity contribution in [3.05, 3.63) is 41.7 Å². The van der Waals surface area contributed by atoms with Crippen LogP contribution in [-0.4, -0.2) is 17.4 Å². The van der Waals surface area contributed by atoms with Crippen molar-refractivity contribution >= 4 is 5.91 Å². The zero-order chi connectivity index (χ0) is 14.2. The molecule has 0 aromatic carbocycles. The molecule has 0 spiro atoms. The van der Waals surface area contributed by atoms with Crippen molar-refractivity contribution in [1.82, 2.24) is 10.3 Å². The largest absolute Gasteiger partial charge is 0.356 e. The first-order valence-corrected chi connectivity index (χ1v) is 7.60. The fraction of sp³-hybridized carbons (Fsp3) is 0.529. The van der Waals surface area contributed by atoms with Crippen LogP contribution in [0.25, 0.3) is 0 Å². The highest BCUT2D eigenvalue weighted by molar-refractivity contribution is 5.76. The van der Waals surface area contributed by atoms with Crippen molar-refractivity contribution in [2.75, 3.05) is 6.54 Å². The van der Waals surface area contributed by atoms with Gasteiger partial charge in [0, 0.05) is 25.4 Å². The Morgan fingerprint density at radius 3 is 3.05 bits per heavy atom. The average molecular weight is 272 g/mol. The Bertz CT molecular complexity index is 453. The normalized spacial score (nSPS) is 16.4. The molecule has 0 saturated carbocycles. The van der Waals surface area contributed by atoms with Crippen molar-refractivity contribution in [3.8, 4) is 0 Å². The van der Waals surface area contributed by atoms with Crippen LogP contribution in [0, 0.1) is 0 Å². The second kappa shape index (κ2) is 7.83. The third-order valence-electron chi connectivity index (χ3n) is 3.90. The van der Waals surface area contributed by atoms with Crippen molar-refractivity contribution in [2.24, 2.45) is 0 Å². The number of nitrogens with one attached hydrogen (secondary N) is 1. The standard InChI is InChI=1S/C17H24N2O/c1-14(16-8-5-10-18-13-16)12-17(20)19-11-9-15-6-3-2-4-7-15/h5-6,8,10,13-14H,2-4,7,9,11-12H2,1H3,(H,19,20). The fourth-order valence-corrected chi connectivity index (χ4v) is 2.63. The molecule has 0 fully saturated rings. The lowest BCUT2D eigenvalue weighted by atomic mass is 9.97. The zero-order valence-corrected chi connectivity index (χ0v) is 12.3. The lowest BCUT2D eigenvalue weighted by molar-refractivity contribution is -0.121. The van der Waals surface area contributed by atoms with Crippen molar-refractivity contribution in [3.63, 3.8) is 0 Å². The van der Waals surface area contributed by atoms with Gasteiger partial charge in [0.25, 0.3) is 0 Å². The maximum absolute atomic E-state index is 11.9. The quantitative estimate of drug-likeness (QED) is 0.804. The van der Waals surface area contributed by atoms with E-state index in [4.69, 9.17) is 0 Å². The number of pyridine rings is 1. The third kappa shape index (κ3) is 4.80. The van der Waals surface area contributed by atoms with Gasteiger partial charge in [-0.25, -0.2) is 0 Å². The van der Waals surface area contributed by atoms with Gasteiger partial charge in [-0.3, -0.25) is 9.78 Å². The highest BCUT2D eigenvalue weighted by Gasteiger charge is 2.11. The van der Waals surface area contributed by atoms with E-state index in [9.17, 15) is 4.79 Å². The molecule has 3 nitrogen and oxygen atoms in total. The molecule has 1 heterocycles. The van der Waals surface area contributed by atoms with Crippen LogP contribution >= 0.6 is 0 Å². The van der Waals surface area contributed by atoms with Crippen LogP contribution < -0.4 is 5.32 Å². The molecule has 2 rings (SSSR count). The number of hydrogen-bond acceptors (Lipinski definition) is 2. The van der Waals surface area contributed by atoms with Crippen LogP contribution in [-0.2, 0) is 4.79 Å². The molecule has 0 saturated heterocycles. The van der Waals surface area contributed by atoms with Crippen LogP contribution in [0.15, 0.2) is 36.2 Å². The minimum absolute atomic E-state index is 0.137. The van der Waals surface area contributed by atoms with Crippen LogP contribution in [0.2, 0.25) is 0 Å². The van der Waals surface area contributed by atoms with E-state index in [-0.39, 0.29) is 11.8 Å². The summed E-state index contributed by atoms with van der Waals surface area (Å²) in [6.07, 6.45) is 12.5. The zero-order valence-electron chi connectivity index (χ0n) is 12.3. The second-order valence-electron chi connectivity index (χ2n) is 5.60. The molecule has 0 bridgehead atoms. The van der Waals surface area contributed by atoms with Crippen LogP contribution in [0.4, 0.5) is 0 Å². The maximum atomic E-state index is 11.9. The number of amides is 1. The summed E-state index contributed by atoms with van der Waals surface area (Å²) >= 11 is 0. The Balaban J connectivity index is 1.69. The number of allylic oxidation sites excluding steroid dienone is 1. The van der Waals surface area contributed by atoms with Crippen molar-refractivity contribution in [1.29, 1.82) is 0 Å². The summed E-state index contributed by atoms with van der Waals surface area (Å²) in [5, 5.41) is 3.03. The molecule has 1 aliphatic rings. The minimum atomic E-state index is 0.137. The number of aromatic nitrogens is 1. The number of rotatable bonds is 6. The van der Waals surface area contributed by atoms with Gasteiger partial charge >= 0.3 is 0 Å². The Morgan fingerprint density at radius 2 is 2.35 bits per heavy atom. The molecule has 3 heteroatoms. The first-order chi connectivity index (χ1) is 9.75. The predicted molar refractivity (Wildman–Crippen MR) is 81.4 cm³/mol. The van der Waals surface area contributed by atoms with Crippen LogP contribution in [0.5, 0.6) is 0 Å². The second-order valence-corrected chi connectivity index (χ2v) is 5.60. The van der Waals surface area contributed by atoms with Gasteiger partial charge in [-0.05, 0) is 49.7 Å². The number of nitrogens with zero attached hydrogens (tertiary/aromatic N) is 1. The molecular formula is C17H24N2O. The number of carbonyl (C=O) groups excluding carboxylic acids is 1. The molecule has 1 aromatic heterocycles. The molecule has 1 amide bonds. The first kappa shape index (κ1) is 14.8. The number of hydrogen-bond donors (Lipinski definition) is 1. The van der Waals surface area contributed by atoms with Crippen LogP contribution in [0.3, 0.4) is 0 Å².